The quantitative estimate of drug-likeness (QED) is 0.443. The van der Waals surface area contributed by atoms with E-state index in [-0.39, 0.29) is 17.5 Å². The van der Waals surface area contributed by atoms with Gasteiger partial charge in [-0.05, 0) is 57.4 Å². The number of fused-ring (bicyclic) bond motifs is 2. The lowest BCUT2D eigenvalue weighted by molar-refractivity contribution is -0.141. The molecule has 2 saturated carbocycles. The molecule has 3 fully saturated rings. The van der Waals surface area contributed by atoms with Gasteiger partial charge < -0.3 is 15.5 Å². The third-order valence-corrected chi connectivity index (χ3v) is 9.90. The van der Waals surface area contributed by atoms with Crippen molar-refractivity contribution < 1.29 is 27.6 Å². The predicted molar refractivity (Wildman–Crippen MR) is 140 cm³/mol. The van der Waals surface area contributed by atoms with Crippen LogP contribution in [0.1, 0.15) is 74.7 Å². The van der Waals surface area contributed by atoms with Gasteiger partial charge in [0.15, 0.2) is 0 Å². The summed E-state index contributed by atoms with van der Waals surface area (Å²) in [5, 5.41) is 9.21. The van der Waals surface area contributed by atoms with Crippen LogP contribution in [0.3, 0.4) is 0 Å². The van der Waals surface area contributed by atoms with Gasteiger partial charge >= 0.3 is 0 Å². The Morgan fingerprint density at radius 1 is 1.10 bits per heavy atom. The minimum Gasteiger partial charge on any atom is -0.339 e. The Labute approximate surface area is 228 Å². The van der Waals surface area contributed by atoms with Crippen molar-refractivity contribution in [2.45, 2.75) is 87.1 Å². The van der Waals surface area contributed by atoms with Crippen LogP contribution in [0.25, 0.3) is 0 Å². The van der Waals surface area contributed by atoms with Crippen LogP contribution in [0.5, 0.6) is 0 Å². The number of aryl methyl sites for hydroxylation is 1. The van der Waals surface area contributed by atoms with Crippen molar-refractivity contribution in [2.75, 3.05) is 6.54 Å². The highest BCUT2D eigenvalue weighted by Crippen LogP contribution is 2.46. The second-order valence-electron chi connectivity index (χ2n) is 11.1. The fraction of sp³-hybridized carbons (Fsp3) is 0.654. The van der Waals surface area contributed by atoms with Crippen LogP contribution in [0.2, 0.25) is 0 Å². The third kappa shape index (κ3) is 5.87. The van der Waals surface area contributed by atoms with Crippen LogP contribution in [0.4, 0.5) is 0 Å². The molecule has 4 aliphatic rings. The Bertz CT molecular complexity index is 1290. The molecule has 4 amide bonds. The molecule has 12 nitrogen and oxygen atoms in total. The number of hydrogen-bond acceptors (Lipinski definition) is 7. The van der Waals surface area contributed by atoms with E-state index in [1.807, 2.05) is 12.2 Å². The molecule has 2 unspecified atom stereocenters. The maximum atomic E-state index is 13.7. The maximum absolute atomic E-state index is 13.7. The van der Waals surface area contributed by atoms with Crippen LogP contribution in [-0.4, -0.2) is 76.1 Å². The van der Waals surface area contributed by atoms with E-state index >= 15 is 0 Å². The van der Waals surface area contributed by atoms with Gasteiger partial charge in [-0.25, -0.2) is 8.42 Å². The predicted octanol–water partition coefficient (Wildman–Crippen LogP) is 0.513. The van der Waals surface area contributed by atoms with E-state index in [9.17, 15) is 27.6 Å². The highest BCUT2D eigenvalue weighted by molar-refractivity contribution is 7.91. The largest absolute Gasteiger partial charge is 0.339 e. The molecule has 2 aliphatic carbocycles. The second-order valence-corrected chi connectivity index (χ2v) is 13.1. The Hall–Kier alpha value is -3.22. The summed E-state index contributed by atoms with van der Waals surface area (Å²) >= 11 is 0. The molecule has 2 aliphatic heterocycles. The number of carbonyl (C=O) groups excluding carboxylic acids is 4. The third-order valence-electron chi connectivity index (χ3n) is 8.08. The van der Waals surface area contributed by atoms with E-state index in [1.54, 1.807) is 19.3 Å². The van der Waals surface area contributed by atoms with E-state index in [0.717, 1.165) is 19.3 Å². The lowest BCUT2D eigenvalue weighted by Crippen LogP contribution is -2.58. The van der Waals surface area contributed by atoms with Crippen LogP contribution < -0.4 is 15.4 Å². The SMILES string of the molecule is Cn1ccc(C(=O)N[C@H]2CCCCC/C=C\C3C[C@@]3(C(=O)NS(=O)(=O)C3CC3)NC(=O)C3CCCN3C2=O)n1. The number of sulfonamides is 1. The summed E-state index contributed by atoms with van der Waals surface area (Å²) in [5.41, 5.74) is -1.16. The first kappa shape index (κ1) is 27.4. The van der Waals surface area contributed by atoms with Crippen molar-refractivity contribution >= 4 is 33.7 Å². The van der Waals surface area contributed by atoms with Crippen molar-refractivity contribution in [3.05, 3.63) is 30.1 Å². The second kappa shape index (κ2) is 10.7. The van der Waals surface area contributed by atoms with E-state index in [4.69, 9.17) is 0 Å². The lowest BCUT2D eigenvalue weighted by Gasteiger charge is -2.30. The number of amides is 4. The average Bonchev–Trinajstić information content (AvgIpc) is 3.76. The Kier molecular flexibility index (Phi) is 7.53. The zero-order chi connectivity index (χ0) is 27.8. The van der Waals surface area contributed by atoms with Gasteiger partial charge in [0.25, 0.3) is 11.8 Å². The van der Waals surface area contributed by atoms with E-state index in [0.29, 0.717) is 51.5 Å². The summed E-state index contributed by atoms with van der Waals surface area (Å²) in [4.78, 5) is 54.8. The smallest absolute Gasteiger partial charge is 0.272 e. The Morgan fingerprint density at radius 3 is 2.62 bits per heavy atom. The first-order valence-electron chi connectivity index (χ1n) is 13.8. The minimum atomic E-state index is -3.78. The Morgan fingerprint density at radius 2 is 1.90 bits per heavy atom. The van der Waals surface area contributed by atoms with Gasteiger partial charge in [0.2, 0.25) is 21.8 Å². The number of allylic oxidation sites excluding steroid dienone is 1. The summed E-state index contributed by atoms with van der Waals surface area (Å²) in [6.07, 6.45) is 11.4. The fourth-order valence-electron chi connectivity index (χ4n) is 5.54. The first-order valence-corrected chi connectivity index (χ1v) is 15.3. The first-order chi connectivity index (χ1) is 18.6. The molecular weight excluding hydrogens is 524 g/mol. The van der Waals surface area contributed by atoms with Crippen molar-refractivity contribution in [3.63, 3.8) is 0 Å². The molecule has 3 heterocycles. The summed E-state index contributed by atoms with van der Waals surface area (Å²) in [7, 11) is -2.08. The molecule has 3 N–H and O–H groups in total. The van der Waals surface area contributed by atoms with Gasteiger partial charge in [-0.2, -0.15) is 5.10 Å². The highest BCUT2D eigenvalue weighted by atomic mass is 32.2. The van der Waals surface area contributed by atoms with E-state index < -0.39 is 50.6 Å². The molecule has 13 heteroatoms. The molecule has 4 atom stereocenters. The minimum absolute atomic E-state index is 0.205. The normalized spacial score (nSPS) is 30.7. The number of carbonyl (C=O) groups is 4. The van der Waals surface area contributed by atoms with Crippen molar-refractivity contribution in [2.24, 2.45) is 13.0 Å². The number of nitrogens with one attached hydrogen (secondary N) is 3. The summed E-state index contributed by atoms with van der Waals surface area (Å²) in [5.74, 6) is -2.33. The number of rotatable bonds is 5. The molecule has 0 radical (unpaired) electrons. The van der Waals surface area contributed by atoms with Gasteiger partial charge in [-0.1, -0.05) is 25.0 Å². The average molecular weight is 561 g/mol. The zero-order valence-corrected chi connectivity index (χ0v) is 22.9. The van der Waals surface area contributed by atoms with Crippen LogP contribution in [-0.2, 0) is 31.5 Å². The standard InChI is InChI=1S/C26H36N6O6S/c1-31-15-13-19(29-31)22(33)27-20-9-6-4-2-3-5-8-17-16-26(17,25(36)30-39(37,38)18-11-12-18)28-23(34)21-10-7-14-32(21)24(20)35/h5,8,13,15,17-18,20-21H,2-4,6-7,9-12,14,16H2,1H3,(H,27,33)(H,28,34)(H,30,36)/b8-5-/t17?,20-,21?,26+/m0/s1. The van der Waals surface area contributed by atoms with Gasteiger partial charge in [0.1, 0.15) is 23.3 Å². The highest BCUT2D eigenvalue weighted by Gasteiger charge is 2.61. The topological polar surface area (TPSA) is 160 Å². The molecule has 0 spiro atoms. The van der Waals surface area contributed by atoms with Gasteiger partial charge in [-0.3, -0.25) is 28.6 Å². The molecule has 0 bridgehead atoms. The van der Waals surface area contributed by atoms with Crippen molar-refractivity contribution in [1.29, 1.82) is 0 Å². The maximum Gasteiger partial charge on any atom is 0.272 e. The van der Waals surface area contributed by atoms with Gasteiger partial charge in [0, 0.05) is 25.7 Å². The monoisotopic (exact) mass is 560 g/mol. The van der Waals surface area contributed by atoms with Crippen LogP contribution >= 0.6 is 0 Å². The van der Waals surface area contributed by atoms with Gasteiger partial charge in [0.05, 0.1) is 5.25 Å². The summed E-state index contributed by atoms with van der Waals surface area (Å²) < 4.78 is 28.7. The van der Waals surface area contributed by atoms with Crippen molar-refractivity contribution in [1.82, 2.24) is 30.0 Å². The molecule has 1 aromatic rings. The summed E-state index contributed by atoms with van der Waals surface area (Å²) in [6, 6.07) is -0.0554. The van der Waals surface area contributed by atoms with Crippen LogP contribution in [0, 0.1) is 5.92 Å². The van der Waals surface area contributed by atoms with Crippen LogP contribution in [0.15, 0.2) is 24.4 Å². The van der Waals surface area contributed by atoms with E-state index in [2.05, 4.69) is 20.5 Å². The molecule has 5 rings (SSSR count). The molecule has 1 aromatic heterocycles. The molecular formula is C26H36N6O6S. The van der Waals surface area contributed by atoms with Gasteiger partial charge in [-0.15, -0.1) is 0 Å². The molecule has 0 aromatic carbocycles. The van der Waals surface area contributed by atoms with Crippen molar-refractivity contribution in [3.8, 4) is 0 Å². The molecule has 1 saturated heterocycles. The molecule has 39 heavy (non-hydrogen) atoms. The number of nitrogens with zero attached hydrogens (tertiary/aromatic N) is 3. The number of aromatic nitrogens is 2. The number of hydrogen-bond donors (Lipinski definition) is 3. The van der Waals surface area contributed by atoms with E-state index in [1.165, 1.54) is 9.58 Å². The molecule has 212 valence electrons. The Balaban J connectivity index is 1.36. The fourth-order valence-corrected chi connectivity index (χ4v) is 6.91. The zero-order valence-electron chi connectivity index (χ0n) is 22.1. The lowest BCUT2D eigenvalue weighted by atomic mass is 10.0. The summed E-state index contributed by atoms with van der Waals surface area (Å²) in [6.45, 7) is 0.353.